The van der Waals surface area contributed by atoms with Crippen LogP contribution < -0.4 is 10.7 Å². The van der Waals surface area contributed by atoms with E-state index in [1.165, 1.54) is 10.3 Å². The third kappa shape index (κ3) is 3.86. The summed E-state index contributed by atoms with van der Waals surface area (Å²) in [7, 11) is 0. The summed E-state index contributed by atoms with van der Waals surface area (Å²) in [6.45, 7) is 4.85. The minimum absolute atomic E-state index is 0.000465. The SMILES string of the molecule is Cc1ccc(-c2cn(CC(=O)N3CCN(c4ccccc4)CC3)c(=O)o2)cc1. The summed E-state index contributed by atoms with van der Waals surface area (Å²) in [5, 5.41) is 0. The quantitative estimate of drug-likeness (QED) is 0.702. The monoisotopic (exact) mass is 377 g/mol. The van der Waals surface area contributed by atoms with Crippen LogP contribution in [0.25, 0.3) is 11.3 Å². The molecule has 0 radical (unpaired) electrons. The van der Waals surface area contributed by atoms with Crippen molar-refractivity contribution in [3.63, 3.8) is 0 Å². The van der Waals surface area contributed by atoms with Crippen molar-refractivity contribution in [3.05, 3.63) is 76.9 Å². The molecule has 3 aromatic rings. The molecule has 28 heavy (non-hydrogen) atoms. The van der Waals surface area contributed by atoms with E-state index in [4.69, 9.17) is 4.42 Å². The van der Waals surface area contributed by atoms with E-state index < -0.39 is 5.76 Å². The number of hydrogen-bond acceptors (Lipinski definition) is 4. The molecule has 0 unspecified atom stereocenters. The third-order valence-electron chi connectivity index (χ3n) is 5.10. The van der Waals surface area contributed by atoms with Gasteiger partial charge in [0.25, 0.3) is 0 Å². The maximum Gasteiger partial charge on any atom is 0.419 e. The van der Waals surface area contributed by atoms with E-state index in [-0.39, 0.29) is 12.5 Å². The van der Waals surface area contributed by atoms with Gasteiger partial charge in [0.1, 0.15) is 6.54 Å². The van der Waals surface area contributed by atoms with Crippen LogP contribution >= 0.6 is 0 Å². The summed E-state index contributed by atoms with van der Waals surface area (Å²) in [5.41, 5.74) is 3.13. The first-order valence-electron chi connectivity index (χ1n) is 9.45. The Bertz CT molecular complexity index is 998. The van der Waals surface area contributed by atoms with Gasteiger partial charge in [0.2, 0.25) is 5.91 Å². The number of aryl methyl sites for hydroxylation is 1. The lowest BCUT2D eigenvalue weighted by Crippen LogP contribution is -2.50. The number of amides is 1. The highest BCUT2D eigenvalue weighted by Crippen LogP contribution is 2.19. The first-order chi connectivity index (χ1) is 13.6. The fourth-order valence-electron chi connectivity index (χ4n) is 3.43. The van der Waals surface area contributed by atoms with Crippen LogP contribution in [0.3, 0.4) is 0 Å². The Morgan fingerprint density at radius 3 is 2.32 bits per heavy atom. The number of piperazine rings is 1. The number of nitrogens with zero attached hydrogens (tertiary/aromatic N) is 3. The predicted molar refractivity (Wildman–Crippen MR) is 108 cm³/mol. The van der Waals surface area contributed by atoms with Crippen LogP contribution in [0.1, 0.15) is 5.56 Å². The van der Waals surface area contributed by atoms with Gasteiger partial charge in [0, 0.05) is 37.4 Å². The zero-order valence-corrected chi connectivity index (χ0v) is 15.9. The van der Waals surface area contributed by atoms with Crippen LogP contribution in [0.4, 0.5) is 5.69 Å². The molecule has 0 saturated carbocycles. The van der Waals surface area contributed by atoms with Crippen LogP contribution in [-0.2, 0) is 11.3 Å². The maximum atomic E-state index is 12.7. The highest BCUT2D eigenvalue weighted by molar-refractivity contribution is 5.76. The zero-order chi connectivity index (χ0) is 19.5. The summed E-state index contributed by atoms with van der Waals surface area (Å²) in [6, 6.07) is 17.9. The second-order valence-electron chi connectivity index (χ2n) is 7.06. The number of carbonyl (C=O) groups excluding carboxylic acids is 1. The van der Waals surface area contributed by atoms with Crippen molar-refractivity contribution in [1.29, 1.82) is 0 Å². The highest BCUT2D eigenvalue weighted by Gasteiger charge is 2.22. The first kappa shape index (κ1) is 18.1. The number of aromatic nitrogens is 1. The van der Waals surface area contributed by atoms with Gasteiger partial charge in [-0.1, -0.05) is 48.0 Å². The number of hydrogen-bond donors (Lipinski definition) is 0. The van der Waals surface area contributed by atoms with Gasteiger partial charge in [0.05, 0.1) is 6.20 Å². The van der Waals surface area contributed by atoms with Gasteiger partial charge >= 0.3 is 5.76 Å². The van der Waals surface area contributed by atoms with Gasteiger partial charge < -0.3 is 14.2 Å². The summed E-state index contributed by atoms with van der Waals surface area (Å²) in [6.07, 6.45) is 1.62. The molecule has 144 valence electrons. The molecule has 0 atom stereocenters. The Kier molecular flexibility index (Phi) is 5.02. The van der Waals surface area contributed by atoms with Gasteiger partial charge in [-0.05, 0) is 19.1 Å². The fraction of sp³-hybridized carbons (Fsp3) is 0.273. The Morgan fingerprint density at radius 1 is 0.964 bits per heavy atom. The van der Waals surface area contributed by atoms with Crippen LogP contribution in [0.15, 0.2) is 70.0 Å². The average molecular weight is 377 g/mol. The van der Waals surface area contributed by atoms with Crippen molar-refractivity contribution in [2.45, 2.75) is 13.5 Å². The average Bonchev–Trinajstić information content (AvgIpc) is 3.09. The molecule has 0 bridgehead atoms. The molecule has 4 rings (SSSR count). The molecular weight excluding hydrogens is 354 g/mol. The molecular formula is C22H23N3O3. The van der Waals surface area contributed by atoms with Crippen molar-refractivity contribution < 1.29 is 9.21 Å². The number of para-hydroxylation sites is 1. The molecule has 0 N–H and O–H groups in total. The first-order valence-corrected chi connectivity index (χ1v) is 9.45. The van der Waals surface area contributed by atoms with E-state index in [1.807, 2.05) is 54.3 Å². The van der Waals surface area contributed by atoms with Crippen molar-refractivity contribution in [2.24, 2.45) is 0 Å². The lowest BCUT2D eigenvalue weighted by atomic mass is 10.1. The van der Waals surface area contributed by atoms with Crippen molar-refractivity contribution >= 4 is 11.6 Å². The van der Waals surface area contributed by atoms with Crippen LogP contribution in [0, 0.1) is 6.92 Å². The molecule has 6 nitrogen and oxygen atoms in total. The molecule has 6 heteroatoms. The van der Waals surface area contributed by atoms with Gasteiger partial charge in [-0.25, -0.2) is 4.79 Å². The topological polar surface area (TPSA) is 58.7 Å². The molecule has 1 aliphatic rings. The van der Waals surface area contributed by atoms with Gasteiger partial charge in [-0.15, -0.1) is 0 Å². The van der Waals surface area contributed by atoms with Gasteiger partial charge in [-0.3, -0.25) is 9.36 Å². The summed E-state index contributed by atoms with van der Waals surface area (Å²) in [5.74, 6) is -0.0930. The molecule has 1 fully saturated rings. The molecule has 0 aliphatic carbocycles. The molecule has 1 aliphatic heterocycles. The second kappa shape index (κ2) is 7.76. The maximum absolute atomic E-state index is 12.7. The lowest BCUT2D eigenvalue weighted by Gasteiger charge is -2.36. The van der Waals surface area contributed by atoms with E-state index in [9.17, 15) is 9.59 Å². The van der Waals surface area contributed by atoms with Crippen LogP contribution in [0.5, 0.6) is 0 Å². The lowest BCUT2D eigenvalue weighted by molar-refractivity contribution is -0.132. The highest BCUT2D eigenvalue weighted by atomic mass is 16.4. The van der Waals surface area contributed by atoms with Crippen molar-refractivity contribution in [2.75, 3.05) is 31.1 Å². The minimum Gasteiger partial charge on any atom is -0.408 e. The number of benzene rings is 2. The van der Waals surface area contributed by atoms with E-state index in [0.29, 0.717) is 18.8 Å². The number of carbonyl (C=O) groups is 1. The predicted octanol–water partition coefficient (Wildman–Crippen LogP) is 2.77. The number of rotatable bonds is 4. The molecule has 2 aromatic carbocycles. The largest absolute Gasteiger partial charge is 0.419 e. The summed E-state index contributed by atoms with van der Waals surface area (Å²) >= 11 is 0. The van der Waals surface area contributed by atoms with Crippen molar-refractivity contribution in [1.82, 2.24) is 9.47 Å². The number of oxazole rings is 1. The van der Waals surface area contributed by atoms with Gasteiger partial charge in [-0.2, -0.15) is 0 Å². The third-order valence-corrected chi connectivity index (χ3v) is 5.10. The molecule has 1 amide bonds. The Balaban J connectivity index is 1.39. The molecule has 1 saturated heterocycles. The van der Waals surface area contributed by atoms with Crippen molar-refractivity contribution in [3.8, 4) is 11.3 Å². The van der Waals surface area contributed by atoms with E-state index in [0.717, 1.165) is 24.2 Å². The summed E-state index contributed by atoms with van der Waals surface area (Å²) < 4.78 is 6.68. The molecule has 1 aromatic heterocycles. The normalized spacial score (nSPS) is 14.3. The van der Waals surface area contributed by atoms with E-state index >= 15 is 0 Å². The minimum atomic E-state index is -0.508. The number of anilines is 1. The van der Waals surface area contributed by atoms with E-state index in [2.05, 4.69) is 17.0 Å². The Labute approximate surface area is 163 Å². The van der Waals surface area contributed by atoms with Crippen LogP contribution in [-0.4, -0.2) is 41.6 Å². The standard InChI is InChI=1S/C22H23N3O3/c1-17-7-9-18(10-8-17)20-15-25(22(27)28-20)16-21(26)24-13-11-23(12-14-24)19-5-3-2-4-6-19/h2-10,15H,11-14,16H2,1H3. The van der Waals surface area contributed by atoms with Crippen LogP contribution in [0.2, 0.25) is 0 Å². The Morgan fingerprint density at radius 2 is 1.64 bits per heavy atom. The molecule has 0 spiro atoms. The summed E-state index contributed by atoms with van der Waals surface area (Å²) in [4.78, 5) is 28.9. The zero-order valence-electron chi connectivity index (χ0n) is 15.9. The Hall–Kier alpha value is -3.28. The van der Waals surface area contributed by atoms with Gasteiger partial charge in [0.15, 0.2) is 5.76 Å². The molecule has 2 heterocycles. The van der Waals surface area contributed by atoms with E-state index in [1.54, 1.807) is 6.20 Å². The second-order valence-corrected chi connectivity index (χ2v) is 7.06. The fourth-order valence-corrected chi connectivity index (χ4v) is 3.43. The smallest absolute Gasteiger partial charge is 0.408 e.